The number of hydrogen-bond donors (Lipinski definition) is 1. The van der Waals surface area contributed by atoms with Crippen molar-refractivity contribution in [3.63, 3.8) is 0 Å². The van der Waals surface area contributed by atoms with Crippen molar-refractivity contribution in [1.29, 1.82) is 0 Å². The zero-order chi connectivity index (χ0) is 15.1. The minimum atomic E-state index is -0.705. The Kier molecular flexibility index (Phi) is 4.87. The molecule has 6 heteroatoms. The van der Waals surface area contributed by atoms with Gasteiger partial charge in [-0.3, -0.25) is 15.1 Å². The molecule has 0 aliphatic heterocycles. The second kappa shape index (κ2) is 7.04. The van der Waals surface area contributed by atoms with E-state index in [1.807, 2.05) is 19.1 Å². The van der Waals surface area contributed by atoms with E-state index in [9.17, 15) is 4.79 Å². The van der Waals surface area contributed by atoms with Crippen LogP contribution in [-0.2, 0) is 4.84 Å². The molecule has 0 aliphatic rings. The molecule has 0 fully saturated rings. The smallest absolute Gasteiger partial charge is 0.437 e. The highest BCUT2D eigenvalue weighted by molar-refractivity contribution is 5.87. The molecule has 1 aromatic carbocycles. The molecular weight excluding hydrogens is 270 g/mol. The van der Waals surface area contributed by atoms with E-state index in [0.717, 1.165) is 5.69 Å². The summed E-state index contributed by atoms with van der Waals surface area (Å²) in [5, 5.41) is 6.13. The Bertz CT molecular complexity index is 656. The molecule has 1 aromatic heterocycles. The number of ether oxygens (including phenoxy) is 1. The monoisotopic (exact) mass is 285 g/mol. The topological polar surface area (TPSA) is 72.8 Å². The van der Waals surface area contributed by atoms with Crippen LogP contribution in [0.2, 0.25) is 0 Å². The Morgan fingerprint density at radius 3 is 2.81 bits per heavy atom. The van der Waals surface area contributed by atoms with Gasteiger partial charge in [0.15, 0.2) is 0 Å². The lowest BCUT2D eigenvalue weighted by molar-refractivity contribution is 0.167. The molecule has 0 spiro atoms. The summed E-state index contributed by atoms with van der Waals surface area (Å²) in [6.07, 6.45) is 0.665. The summed E-state index contributed by atoms with van der Waals surface area (Å²) in [5.74, 6) is 0.541. The van der Waals surface area contributed by atoms with Gasteiger partial charge in [0.2, 0.25) is 0 Å². The van der Waals surface area contributed by atoms with E-state index in [-0.39, 0.29) is 0 Å². The minimum absolute atomic E-state index is 0.508. The van der Waals surface area contributed by atoms with Crippen LogP contribution in [-0.4, -0.2) is 24.4 Å². The maximum atomic E-state index is 11.6. The van der Waals surface area contributed by atoms with Crippen LogP contribution < -0.4 is 10.1 Å². The van der Waals surface area contributed by atoms with Crippen LogP contribution in [0.3, 0.4) is 0 Å². The van der Waals surface area contributed by atoms with E-state index in [1.165, 1.54) is 13.3 Å². The van der Waals surface area contributed by atoms with Gasteiger partial charge in [-0.25, -0.2) is 4.79 Å². The largest absolute Gasteiger partial charge is 0.495 e. The van der Waals surface area contributed by atoms with Gasteiger partial charge in [-0.1, -0.05) is 23.4 Å². The molecule has 0 saturated heterocycles. The van der Waals surface area contributed by atoms with Gasteiger partial charge in [0.25, 0.3) is 0 Å². The van der Waals surface area contributed by atoms with Gasteiger partial charge in [0.05, 0.1) is 24.7 Å². The van der Waals surface area contributed by atoms with Crippen molar-refractivity contribution < 1.29 is 14.4 Å². The fourth-order valence-corrected chi connectivity index (χ4v) is 1.64. The number of nitrogens with zero attached hydrogens (tertiary/aromatic N) is 2. The number of rotatable bonds is 4. The summed E-state index contributed by atoms with van der Waals surface area (Å²) in [4.78, 5) is 20.5. The predicted octanol–water partition coefficient (Wildman–Crippen LogP) is 2.98. The van der Waals surface area contributed by atoms with Crippen molar-refractivity contribution in [2.24, 2.45) is 5.16 Å². The highest BCUT2D eigenvalue weighted by atomic mass is 16.7. The zero-order valence-corrected chi connectivity index (χ0v) is 11.7. The third-order valence-electron chi connectivity index (χ3n) is 2.57. The average molecular weight is 285 g/mol. The maximum absolute atomic E-state index is 11.6. The zero-order valence-electron chi connectivity index (χ0n) is 11.7. The first kappa shape index (κ1) is 14.5. The van der Waals surface area contributed by atoms with Crippen LogP contribution in [0.25, 0.3) is 0 Å². The maximum Gasteiger partial charge on any atom is 0.437 e. The molecule has 2 aromatic rings. The lowest BCUT2D eigenvalue weighted by Crippen LogP contribution is -2.11. The van der Waals surface area contributed by atoms with Crippen molar-refractivity contribution in [3.05, 3.63) is 53.9 Å². The van der Waals surface area contributed by atoms with E-state index in [1.54, 1.807) is 30.3 Å². The van der Waals surface area contributed by atoms with Crippen LogP contribution in [0.4, 0.5) is 10.5 Å². The summed E-state index contributed by atoms with van der Waals surface area (Å²) >= 11 is 0. The molecule has 21 heavy (non-hydrogen) atoms. The summed E-state index contributed by atoms with van der Waals surface area (Å²) in [6, 6.07) is 12.5. The van der Waals surface area contributed by atoms with Crippen LogP contribution in [0.5, 0.6) is 5.75 Å². The van der Waals surface area contributed by atoms with E-state index < -0.39 is 6.09 Å². The molecule has 0 aliphatic carbocycles. The molecule has 0 bridgehead atoms. The molecule has 0 radical (unpaired) electrons. The highest BCUT2D eigenvalue weighted by Gasteiger charge is 2.07. The highest BCUT2D eigenvalue weighted by Crippen LogP contribution is 2.22. The first-order valence-corrected chi connectivity index (χ1v) is 6.27. The van der Waals surface area contributed by atoms with Crippen molar-refractivity contribution in [2.75, 3.05) is 12.4 Å². The second-order valence-electron chi connectivity index (χ2n) is 4.14. The number of para-hydroxylation sites is 2. The van der Waals surface area contributed by atoms with Crippen LogP contribution in [0.15, 0.2) is 47.6 Å². The van der Waals surface area contributed by atoms with Crippen LogP contribution >= 0.6 is 0 Å². The quantitative estimate of drug-likeness (QED) is 0.532. The van der Waals surface area contributed by atoms with E-state index >= 15 is 0 Å². The van der Waals surface area contributed by atoms with Crippen molar-refractivity contribution in [3.8, 4) is 5.75 Å². The number of aryl methyl sites for hydroxylation is 1. The number of methoxy groups -OCH3 is 1. The third kappa shape index (κ3) is 4.31. The standard InChI is InChI=1S/C15H15N3O3/c1-11-6-5-7-12(17-11)10-16-21-15(19)18-13-8-3-4-9-14(13)20-2/h3-10H,1-2H3,(H,18,19)/b16-10+. The molecule has 0 unspecified atom stereocenters. The number of oxime groups is 1. The van der Waals surface area contributed by atoms with Gasteiger partial charge in [0, 0.05) is 5.69 Å². The Morgan fingerprint density at radius 2 is 2.05 bits per heavy atom. The van der Waals surface area contributed by atoms with Crippen LogP contribution in [0, 0.1) is 6.92 Å². The van der Waals surface area contributed by atoms with Gasteiger partial charge in [-0.2, -0.15) is 0 Å². The number of anilines is 1. The number of hydrogen-bond acceptors (Lipinski definition) is 5. The molecule has 0 atom stereocenters. The number of benzene rings is 1. The first-order valence-electron chi connectivity index (χ1n) is 6.27. The van der Waals surface area contributed by atoms with Crippen molar-refractivity contribution in [2.45, 2.75) is 6.92 Å². The summed E-state index contributed by atoms with van der Waals surface area (Å²) in [7, 11) is 1.52. The van der Waals surface area contributed by atoms with Gasteiger partial charge >= 0.3 is 6.09 Å². The van der Waals surface area contributed by atoms with Gasteiger partial charge < -0.3 is 4.74 Å². The van der Waals surface area contributed by atoms with Crippen LogP contribution in [0.1, 0.15) is 11.4 Å². The number of carbonyl (C=O) groups excluding carboxylic acids is 1. The molecule has 108 valence electrons. The molecule has 1 N–H and O–H groups in total. The van der Waals surface area contributed by atoms with Crippen molar-refractivity contribution >= 4 is 18.0 Å². The minimum Gasteiger partial charge on any atom is -0.495 e. The Labute approximate surface area is 122 Å². The normalized spacial score (nSPS) is 10.4. The summed E-state index contributed by atoms with van der Waals surface area (Å²) in [5.41, 5.74) is 1.98. The third-order valence-corrected chi connectivity index (χ3v) is 2.57. The predicted molar refractivity (Wildman–Crippen MR) is 79.7 cm³/mol. The molecule has 6 nitrogen and oxygen atoms in total. The Hall–Kier alpha value is -2.89. The van der Waals surface area contributed by atoms with Gasteiger partial charge in [0.1, 0.15) is 5.75 Å². The van der Waals surface area contributed by atoms with Gasteiger partial charge in [-0.15, -0.1) is 0 Å². The van der Waals surface area contributed by atoms with E-state index in [0.29, 0.717) is 17.1 Å². The number of nitrogens with one attached hydrogen (secondary N) is 1. The number of carbonyl (C=O) groups is 1. The number of aromatic nitrogens is 1. The Balaban J connectivity index is 1.93. The second-order valence-corrected chi connectivity index (χ2v) is 4.14. The fraction of sp³-hybridized carbons (Fsp3) is 0.133. The lowest BCUT2D eigenvalue weighted by atomic mass is 10.3. The molecular formula is C15H15N3O3. The number of pyridine rings is 1. The van der Waals surface area contributed by atoms with Gasteiger partial charge in [-0.05, 0) is 31.2 Å². The van der Waals surface area contributed by atoms with Crippen molar-refractivity contribution in [1.82, 2.24) is 4.98 Å². The Morgan fingerprint density at radius 1 is 1.24 bits per heavy atom. The van der Waals surface area contributed by atoms with E-state index in [2.05, 4.69) is 15.5 Å². The lowest BCUT2D eigenvalue weighted by Gasteiger charge is -2.07. The summed E-state index contributed by atoms with van der Waals surface area (Å²) < 4.78 is 5.11. The molecule has 1 amide bonds. The molecule has 0 saturated carbocycles. The first-order chi connectivity index (χ1) is 10.2. The number of amides is 1. The average Bonchev–Trinajstić information content (AvgIpc) is 2.48. The fourth-order valence-electron chi connectivity index (χ4n) is 1.64. The van der Waals surface area contributed by atoms with E-state index in [4.69, 9.17) is 9.57 Å². The molecule has 1 heterocycles. The summed E-state index contributed by atoms with van der Waals surface area (Å²) in [6.45, 7) is 1.87. The molecule has 2 rings (SSSR count). The SMILES string of the molecule is COc1ccccc1NC(=O)O/N=C/c1cccc(C)n1.